The number of halogens is 1. The van der Waals surface area contributed by atoms with E-state index >= 15 is 0 Å². The Hall–Kier alpha value is -1.59. The number of aromatic hydroxyl groups is 1. The quantitative estimate of drug-likeness (QED) is 0.448. The van der Waals surface area contributed by atoms with E-state index in [1.807, 2.05) is 6.92 Å². The summed E-state index contributed by atoms with van der Waals surface area (Å²) in [7, 11) is 0. The van der Waals surface area contributed by atoms with Crippen LogP contribution in [-0.4, -0.2) is 36.2 Å². The standard InChI is InChI=1S/C15H22FN3O/c1-10(2)7-14(19-5-3-18-4-6-19)12-8-11(16)9-13(17)15(12)20/h8-9,14,18,20H,1,3-7,17H2,2H3/t14-/m1/s1. The van der Waals surface area contributed by atoms with Crippen LogP contribution < -0.4 is 11.1 Å². The molecule has 0 amide bonds. The van der Waals surface area contributed by atoms with Gasteiger partial charge in [0.2, 0.25) is 0 Å². The van der Waals surface area contributed by atoms with Crippen LogP contribution in [0.25, 0.3) is 0 Å². The number of hydrogen-bond acceptors (Lipinski definition) is 4. The molecule has 1 saturated heterocycles. The number of nitrogen functional groups attached to an aromatic ring is 1. The number of piperazine rings is 1. The monoisotopic (exact) mass is 279 g/mol. The van der Waals surface area contributed by atoms with Crippen molar-refractivity contribution in [1.29, 1.82) is 0 Å². The van der Waals surface area contributed by atoms with Crippen LogP contribution in [0.1, 0.15) is 24.9 Å². The third kappa shape index (κ3) is 3.29. The molecular formula is C15H22FN3O. The van der Waals surface area contributed by atoms with Crippen molar-refractivity contribution < 1.29 is 9.50 Å². The summed E-state index contributed by atoms with van der Waals surface area (Å²) in [5.41, 5.74) is 7.31. The highest BCUT2D eigenvalue weighted by Gasteiger charge is 2.25. The first-order valence-corrected chi connectivity index (χ1v) is 6.86. The van der Waals surface area contributed by atoms with Gasteiger partial charge in [0, 0.05) is 43.9 Å². The SMILES string of the molecule is C=C(C)C[C@H](c1cc(F)cc(N)c1O)N1CCNCC1. The second-order valence-electron chi connectivity index (χ2n) is 5.40. The molecule has 5 heteroatoms. The van der Waals surface area contributed by atoms with Gasteiger partial charge in [0.15, 0.2) is 0 Å². The summed E-state index contributed by atoms with van der Waals surface area (Å²) >= 11 is 0. The molecule has 1 heterocycles. The second-order valence-corrected chi connectivity index (χ2v) is 5.40. The summed E-state index contributed by atoms with van der Waals surface area (Å²) in [6, 6.07) is 2.43. The molecule has 0 aliphatic carbocycles. The van der Waals surface area contributed by atoms with Crippen molar-refractivity contribution >= 4 is 5.69 Å². The number of rotatable bonds is 4. The Bertz CT molecular complexity index is 498. The van der Waals surface area contributed by atoms with Crippen molar-refractivity contribution in [3.05, 3.63) is 35.7 Å². The Morgan fingerprint density at radius 2 is 2.15 bits per heavy atom. The Morgan fingerprint density at radius 3 is 2.75 bits per heavy atom. The van der Waals surface area contributed by atoms with Crippen LogP contribution in [0, 0.1) is 5.82 Å². The number of nitrogens with one attached hydrogen (secondary N) is 1. The van der Waals surface area contributed by atoms with Gasteiger partial charge >= 0.3 is 0 Å². The summed E-state index contributed by atoms with van der Waals surface area (Å²) in [5, 5.41) is 13.5. The van der Waals surface area contributed by atoms with Gasteiger partial charge in [0.05, 0.1) is 5.69 Å². The van der Waals surface area contributed by atoms with E-state index in [-0.39, 0.29) is 17.5 Å². The zero-order valence-electron chi connectivity index (χ0n) is 11.8. The highest BCUT2D eigenvalue weighted by molar-refractivity contribution is 5.57. The number of hydrogen-bond donors (Lipinski definition) is 3. The van der Waals surface area contributed by atoms with Gasteiger partial charge in [-0.15, -0.1) is 6.58 Å². The molecule has 20 heavy (non-hydrogen) atoms. The predicted octanol–water partition coefficient (Wildman–Crippen LogP) is 2.03. The van der Waals surface area contributed by atoms with E-state index in [0.717, 1.165) is 37.8 Å². The van der Waals surface area contributed by atoms with Crippen molar-refractivity contribution in [3.63, 3.8) is 0 Å². The first kappa shape index (κ1) is 14.8. The third-order valence-corrected chi connectivity index (χ3v) is 3.63. The first-order chi connectivity index (χ1) is 9.49. The van der Waals surface area contributed by atoms with E-state index in [1.165, 1.54) is 6.07 Å². The molecule has 4 nitrogen and oxygen atoms in total. The van der Waals surface area contributed by atoms with Gasteiger partial charge in [-0.25, -0.2) is 4.39 Å². The molecule has 0 spiro atoms. The number of nitrogens with two attached hydrogens (primary N) is 1. The van der Waals surface area contributed by atoms with Crippen molar-refractivity contribution in [2.45, 2.75) is 19.4 Å². The van der Waals surface area contributed by atoms with Crippen LogP contribution in [0.2, 0.25) is 0 Å². The largest absolute Gasteiger partial charge is 0.505 e. The molecule has 1 aliphatic rings. The molecule has 4 N–H and O–H groups in total. The van der Waals surface area contributed by atoms with Crippen molar-refractivity contribution in [2.75, 3.05) is 31.9 Å². The number of anilines is 1. The lowest BCUT2D eigenvalue weighted by molar-refractivity contribution is 0.169. The smallest absolute Gasteiger partial charge is 0.143 e. The molecule has 110 valence electrons. The zero-order valence-corrected chi connectivity index (χ0v) is 11.8. The van der Waals surface area contributed by atoms with Crippen molar-refractivity contribution in [2.24, 2.45) is 0 Å². The molecule has 0 radical (unpaired) electrons. The zero-order chi connectivity index (χ0) is 14.7. The molecule has 1 fully saturated rings. The lowest BCUT2D eigenvalue weighted by Crippen LogP contribution is -2.45. The Balaban J connectivity index is 2.37. The van der Waals surface area contributed by atoms with Crippen LogP contribution in [0.4, 0.5) is 10.1 Å². The maximum atomic E-state index is 13.6. The fraction of sp³-hybridized carbons (Fsp3) is 0.467. The lowest BCUT2D eigenvalue weighted by atomic mass is 9.96. The Morgan fingerprint density at radius 1 is 1.50 bits per heavy atom. The summed E-state index contributed by atoms with van der Waals surface area (Å²) in [5.74, 6) is -0.437. The maximum Gasteiger partial charge on any atom is 0.143 e. The third-order valence-electron chi connectivity index (χ3n) is 3.63. The second kappa shape index (κ2) is 6.24. The predicted molar refractivity (Wildman–Crippen MR) is 79.1 cm³/mol. The topological polar surface area (TPSA) is 61.5 Å². The van der Waals surface area contributed by atoms with E-state index in [1.54, 1.807) is 0 Å². The van der Waals surface area contributed by atoms with Gasteiger partial charge in [0.1, 0.15) is 11.6 Å². The first-order valence-electron chi connectivity index (χ1n) is 6.86. The average Bonchev–Trinajstić information content (AvgIpc) is 2.41. The summed E-state index contributed by atoms with van der Waals surface area (Å²) < 4.78 is 13.6. The van der Waals surface area contributed by atoms with Crippen LogP contribution in [-0.2, 0) is 0 Å². The van der Waals surface area contributed by atoms with Gasteiger partial charge in [-0.3, -0.25) is 4.90 Å². The van der Waals surface area contributed by atoms with E-state index in [0.29, 0.717) is 12.0 Å². The summed E-state index contributed by atoms with van der Waals surface area (Å²) in [6.07, 6.45) is 0.677. The molecule has 0 aromatic heterocycles. The molecule has 0 unspecified atom stereocenters. The molecule has 0 bridgehead atoms. The van der Waals surface area contributed by atoms with Crippen LogP contribution in [0.5, 0.6) is 5.75 Å². The summed E-state index contributed by atoms with van der Waals surface area (Å²) in [4.78, 5) is 2.24. The Labute approximate surface area is 119 Å². The molecular weight excluding hydrogens is 257 g/mol. The molecule has 2 rings (SSSR count). The normalized spacial score (nSPS) is 17.9. The molecule has 1 atom stereocenters. The minimum Gasteiger partial charge on any atom is -0.505 e. The van der Waals surface area contributed by atoms with Gasteiger partial charge in [-0.1, -0.05) is 5.57 Å². The highest BCUT2D eigenvalue weighted by atomic mass is 19.1. The number of phenols is 1. The minimum atomic E-state index is -0.419. The number of nitrogens with zero attached hydrogens (tertiary/aromatic N) is 1. The maximum absolute atomic E-state index is 13.6. The van der Waals surface area contributed by atoms with E-state index in [9.17, 15) is 9.50 Å². The van der Waals surface area contributed by atoms with E-state index < -0.39 is 5.82 Å². The summed E-state index contributed by atoms with van der Waals surface area (Å²) in [6.45, 7) is 9.36. The van der Waals surface area contributed by atoms with Crippen LogP contribution in [0.3, 0.4) is 0 Å². The van der Waals surface area contributed by atoms with Gasteiger partial charge in [-0.05, 0) is 19.4 Å². The van der Waals surface area contributed by atoms with Gasteiger partial charge in [-0.2, -0.15) is 0 Å². The number of phenolic OH excluding ortho intramolecular Hbond substituents is 1. The number of benzene rings is 1. The lowest BCUT2D eigenvalue weighted by Gasteiger charge is -2.35. The average molecular weight is 279 g/mol. The fourth-order valence-electron chi connectivity index (χ4n) is 2.66. The fourth-order valence-corrected chi connectivity index (χ4v) is 2.66. The Kier molecular flexibility index (Phi) is 4.62. The van der Waals surface area contributed by atoms with Crippen LogP contribution in [0.15, 0.2) is 24.3 Å². The van der Waals surface area contributed by atoms with Gasteiger partial charge < -0.3 is 16.2 Å². The van der Waals surface area contributed by atoms with Gasteiger partial charge in [0.25, 0.3) is 0 Å². The molecule has 1 aromatic carbocycles. The minimum absolute atomic E-state index is 0.0174. The van der Waals surface area contributed by atoms with Crippen molar-refractivity contribution in [1.82, 2.24) is 10.2 Å². The van der Waals surface area contributed by atoms with Crippen molar-refractivity contribution in [3.8, 4) is 5.75 Å². The molecule has 1 aliphatic heterocycles. The molecule has 0 saturated carbocycles. The van der Waals surface area contributed by atoms with Crippen LogP contribution >= 0.6 is 0 Å². The van der Waals surface area contributed by atoms with E-state index in [4.69, 9.17) is 5.73 Å². The van der Waals surface area contributed by atoms with E-state index in [2.05, 4.69) is 16.8 Å². The highest BCUT2D eigenvalue weighted by Crippen LogP contribution is 2.37. The molecule has 1 aromatic rings.